The molecule has 10 heteroatoms. The number of fused-ring (bicyclic) bond motifs is 4. The summed E-state index contributed by atoms with van der Waals surface area (Å²) in [6, 6.07) is 30.3. The predicted octanol–water partition coefficient (Wildman–Crippen LogP) is 7.85. The minimum absolute atomic E-state index is 0.364. The van der Waals surface area contributed by atoms with Crippen LogP contribution in [0.2, 0.25) is 0 Å². The molecule has 0 spiro atoms. The lowest BCUT2D eigenvalue weighted by molar-refractivity contribution is 0.323. The van der Waals surface area contributed by atoms with E-state index in [1.54, 1.807) is 21.3 Å². The molecule has 4 aromatic carbocycles. The highest BCUT2D eigenvalue weighted by Gasteiger charge is 2.42. The molecule has 7 rings (SSSR count). The highest BCUT2D eigenvalue weighted by atomic mass is 16.5. The van der Waals surface area contributed by atoms with Crippen molar-refractivity contribution in [2.45, 2.75) is 26.8 Å². The van der Waals surface area contributed by atoms with Gasteiger partial charge in [-0.25, -0.2) is 14.7 Å². The Morgan fingerprint density at radius 1 is 0.792 bits per heavy atom. The Hall–Kier alpha value is -5.77. The van der Waals surface area contributed by atoms with Crippen LogP contribution in [0.5, 0.6) is 17.2 Å². The number of nitrogens with one attached hydrogen (secondary N) is 1. The Balaban J connectivity index is 1.45. The largest absolute Gasteiger partial charge is 0.493 e. The van der Waals surface area contributed by atoms with Gasteiger partial charge < -0.3 is 29.3 Å². The molecule has 3 heterocycles. The summed E-state index contributed by atoms with van der Waals surface area (Å²) in [5.74, 6) is 3.69. The molecule has 0 amide bonds. The third-order valence-electron chi connectivity index (χ3n) is 8.90. The zero-order valence-electron chi connectivity index (χ0n) is 28.1. The third kappa shape index (κ3) is 5.19. The number of ether oxygens (including phenoxy) is 3. The number of aromatic nitrogens is 2. The number of rotatable bonds is 9. The molecule has 0 saturated carbocycles. The van der Waals surface area contributed by atoms with Gasteiger partial charge in [0.2, 0.25) is 5.75 Å². The quantitative estimate of drug-likeness (QED) is 0.175. The summed E-state index contributed by atoms with van der Waals surface area (Å²) >= 11 is 0. The second-order valence-electron chi connectivity index (χ2n) is 11.5. The summed E-state index contributed by atoms with van der Waals surface area (Å²) in [6.45, 7) is 8.25. The molecule has 2 aliphatic heterocycles. The van der Waals surface area contributed by atoms with Crippen LogP contribution in [-0.4, -0.2) is 55.9 Å². The normalized spacial score (nSPS) is 14.6. The van der Waals surface area contributed by atoms with E-state index in [0.29, 0.717) is 28.9 Å². The predicted molar refractivity (Wildman–Crippen MR) is 193 cm³/mol. The molecule has 1 unspecified atom stereocenters. The molecule has 0 radical (unpaired) electrons. The molecular weight excluding hydrogens is 602 g/mol. The zero-order valence-corrected chi connectivity index (χ0v) is 28.1. The van der Waals surface area contributed by atoms with Gasteiger partial charge >= 0.3 is 0 Å². The number of amidine groups is 2. The van der Waals surface area contributed by atoms with Crippen molar-refractivity contribution in [3.05, 3.63) is 108 Å². The minimum Gasteiger partial charge on any atom is -0.493 e. The van der Waals surface area contributed by atoms with Crippen molar-refractivity contribution in [1.82, 2.24) is 9.78 Å². The number of hydrogen-bond acceptors (Lipinski definition) is 9. The van der Waals surface area contributed by atoms with E-state index in [1.165, 1.54) is 5.69 Å². The molecule has 1 atom stereocenters. The molecule has 244 valence electrons. The van der Waals surface area contributed by atoms with Crippen LogP contribution in [0.4, 0.5) is 28.6 Å². The Labute approximate surface area is 280 Å². The van der Waals surface area contributed by atoms with Gasteiger partial charge in [0, 0.05) is 30.0 Å². The molecule has 0 aliphatic carbocycles. The molecule has 1 aromatic heterocycles. The van der Waals surface area contributed by atoms with Gasteiger partial charge in [0.15, 0.2) is 29.0 Å². The van der Waals surface area contributed by atoms with Gasteiger partial charge in [-0.1, -0.05) is 30.3 Å². The van der Waals surface area contributed by atoms with Crippen molar-refractivity contribution in [1.29, 1.82) is 0 Å². The highest BCUT2D eigenvalue weighted by Crippen LogP contribution is 2.50. The number of nitrogens with zero attached hydrogens (tertiary/aromatic N) is 6. The lowest BCUT2D eigenvalue weighted by atomic mass is 9.92. The first-order valence-corrected chi connectivity index (χ1v) is 16.1. The minimum atomic E-state index is -0.364. The number of anilines is 3. The van der Waals surface area contributed by atoms with Crippen LogP contribution in [0.25, 0.3) is 5.69 Å². The summed E-state index contributed by atoms with van der Waals surface area (Å²) in [5.41, 5.74) is 7.50. The Morgan fingerprint density at radius 2 is 1.46 bits per heavy atom. The van der Waals surface area contributed by atoms with Crippen LogP contribution >= 0.6 is 0 Å². The summed E-state index contributed by atoms with van der Waals surface area (Å²) in [7, 11) is 4.88. The SMILES string of the molecule is CCN(CC)c1ccc(NC2=Nc3ccccc3N3C2=Nc2c(c(C)nn2-c2ccccc2)C3c2cc(OC)c(OC)c(OC)c2)cc1. The first-order valence-electron chi connectivity index (χ1n) is 16.1. The monoisotopic (exact) mass is 641 g/mol. The van der Waals surface area contributed by atoms with Crippen LogP contribution in [0.1, 0.15) is 36.7 Å². The second-order valence-corrected chi connectivity index (χ2v) is 11.5. The standard InChI is InChI=1S/C38H39N7O3/c1-7-43(8-2)27-20-18-26(19-21-27)39-36-38-41-37-33(24(3)42-45(37)28-14-10-9-11-15-28)34(44(38)30-17-13-12-16-29(30)40-36)25-22-31(46-4)35(48-6)32(23-25)47-5/h9-23,34H,7-8H2,1-6H3,(H,39,40). The van der Waals surface area contributed by atoms with Gasteiger partial charge in [-0.05, 0) is 87.0 Å². The molecule has 48 heavy (non-hydrogen) atoms. The number of aliphatic imine (C=N–C) groups is 2. The third-order valence-corrected chi connectivity index (χ3v) is 8.90. The van der Waals surface area contributed by atoms with Crippen LogP contribution in [0.3, 0.4) is 0 Å². The van der Waals surface area contributed by atoms with Crippen LogP contribution in [0.15, 0.2) is 101 Å². The number of para-hydroxylation sites is 3. The van der Waals surface area contributed by atoms with Crippen molar-refractivity contribution in [2.24, 2.45) is 9.98 Å². The van der Waals surface area contributed by atoms with E-state index in [0.717, 1.165) is 58.5 Å². The topological polar surface area (TPSA) is 88.7 Å². The molecule has 0 bridgehead atoms. The summed E-state index contributed by atoms with van der Waals surface area (Å²) in [4.78, 5) is 15.1. The van der Waals surface area contributed by atoms with Crippen molar-refractivity contribution in [3.63, 3.8) is 0 Å². The maximum atomic E-state index is 5.84. The van der Waals surface area contributed by atoms with E-state index in [2.05, 4.69) is 59.3 Å². The molecule has 1 N–H and O–H groups in total. The Kier molecular flexibility index (Phi) is 8.22. The van der Waals surface area contributed by atoms with Crippen molar-refractivity contribution in [3.8, 4) is 22.9 Å². The smallest absolute Gasteiger partial charge is 0.203 e. The van der Waals surface area contributed by atoms with Gasteiger partial charge in [-0.15, -0.1) is 0 Å². The number of aryl methyl sites for hydroxylation is 1. The highest BCUT2D eigenvalue weighted by molar-refractivity contribution is 6.51. The van der Waals surface area contributed by atoms with E-state index < -0.39 is 0 Å². The summed E-state index contributed by atoms with van der Waals surface area (Å²) < 4.78 is 19.3. The lowest BCUT2D eigenvalue weighted by Crippen LogP contribution is -2.46. The van der Waals surface area contributed by atoms with Crippen molar-refractivity contribution >= 4 is 40.2 Å². The van der Waals surface area contributed by atoms with Gasteiger partial charge in [0.25, 0.3) is 0 Å². The fourth-order valence-electron chi connectivity index (χ4n) is 6.60. The van der Waals surface area contributed by atoms with Gasteiger partial charge in [-0.3, -0.25) is 0 Å². The Bertz CT molecular complexity index is 1990. The number of methoxy groups -OCH3 is 3. The van der Waals surface area contributed by atoms with E-state index in [4.69, 9.17) is 29.3 Å². The van der Waals surface area contributed by atoms with Crippen LogP contribution in [-0.2, 0) is 0 Å². The van der Waals surface area contributed by atoms with Crippen molar-refractivity contribution in [2.75, 3.05) is 49.5 Å². The van der Waals surface area contributed by atoms with Gasteiger partial charge in [0.1, 0.15) is 0 Å². The van der Waals surface area contributed by atoms with Crippen LogP contribution < -0.4 is 29.3 Å². The van der Waals surface area contributed by atoms with E-state index in [9.17, 15) is 0 Å². The van der Waals surface area contributed by atoms with Gasteiger partial charge in [0.05, 0.1) is 50.1 Å². The maximum absolute atomic E-state index is 5.84. The molecule has 0 saturated heterocycles. The number of benzene rings is 4. The van der Waals surface area contributed by atoms with Crippen LogP contribution in [0, 0.1) is 6.92 Å². The fourth-order valence-corrected chi connectivity index (χ4v) is 6.60. The first kappa shape index (κ1) is 30.9. The lowest BCUT2D eigenvalue weighted by Gasteiger charge is -2.40. The maximum Gasteiger partial charge on any atom is 0.203 e. The summed E-state index contributed by atoms with van der Waals surface area (Å²) in [6.07, 6.45) is 0. The Morgan fingerprint density at radius 3 is 2.10 bits per heavy atom. The number of hydrogen-bond donors (Lipinski definition) is 1. The summed E-state index contributed by atoms with van der Waals surface area (Å²) in [5, 5.41) is 8.67. The molecular formula is C38H39N7O3. The zero-order chi connectivity index (χ0) is 33.4. The fraction of sp³-hybridized carbons (Fsp3) is 0.237. The molecule has 0 fully saturated rings. The van der Waals surface area contributed by atoms with E-state index >= 15 is 0 Å². The second kappa shape index (κ2) is 12.8. The first-order chi connectivity index (χ1) is 23.5. The molecule has 5 aromatic rings. The average Bonchev–Trinajstić information content (AvgIpc) is 3.47. The molecule has 2 aliphatic rings. The average molecular weight is 642 g/mol. The van der Waals surface area contributed by atoms with E-state index in [1.807, 2.05) is 72.3 Å². The molecule has 10 nitrogen and oxygen atoms in total. The van der Waals surface area contributed by atoms with E-state index in [-0.39, 0.29) is 6.04 Å². The van der Waals surface area contributed by atoms with Gasteiger partial charge in [-0.2, -0.15) is 5.10 Å². The van der Waals surface area contributed by atoms with Crippen molar-refractivity contribution < 1.29 is 14.2 Å².